The second-order valence-electron chi connectivity index (χ2n) is 6.70. The van der Waals surface area contributed by atoms with E-state index in [1.165, 1.54) is 4.31 Å². The molecule has 0 unspecified atom stereocenters. The molecule has 9 heteroatoms. The van der Waals surface area contributed by atoms with Crippen molar-refractivity contribution in [1.82, 2.24) is 0 Å². The number of rotatable bonds is 7. The van der Waals surface area contributed by atoms with E-state index in [1.54, 1.807) is 54.2 Å². The lowest BCUT2D eigenvalue weighted by Crippen LogP contribution is -2.29. The average Bonchev–Trinajstić information content (AvgIpc) is 2.73. The van der Waals surface area contributed by atoms with Gasteiger partial charge in [0, 0.05) is 31.8 Å². The Morgan fingerprint density at radius 2 is 1.61 bits per heavy atom. The fraction of sp³-hybridized carbons (Fsp3) is 0.136. The highest BCUT2D eigenvalue weighted by Crippen LogP contribution is 2.29. The maximum atomic E-state index is 12.6. The minimum absolute atomic E-state index is 0.0235. The summed E-state index contributed by atoms with van der Waals surface area (Å²) in [5.41, 5.74) is 2.00. The van der Waals surface area contributed by atoms with Crippen molar-refractivity contribution in [2.24, 2.45) is 0 Å². The zero-order valence-electron chi connectivity index (χ0n) is 16.8. The molecule has 0 saturated carbocycles. The van der Waals surface area contributed by atoms with E-state index in [0.29, 0.717) is 32.5 Å². The third-order valence-electron chi connectivity index (χ3n) is 4.51. The number of hydrogen-bond donors (Lipinski definition) is 1. The summed E-state index contributed by atoms with van der Waals surface area (Å²) >= 11 is 14.0. The zero-order chi connectivity index (χ0) is 22.6. The number of amides is 1. The highest BCUT2D eigenvalue weighted by Gasteiger charge is 2.21. The number of nitrogens with zero attached hydrogens (tertiary/aromatic N) is 1. The number of halogens is 2. The Morgan fingerprint density at radius 3 is 2.19 bits per heavy atom. The van der Waals surface area contributed by atoms with Crippen molar-refractivity contribution in [1.29, 1.82) is 0 Å². The molecule has 1 amide bonds. The van der Waals surface area contributed by atoms with Crippen molar-refractivity contribution in [2.45, 2.75) is 11.4 Å². The molecule has 0 heterocycles. The van der Waals surface area contributed by atoms with Crippen molar-refractivity contribution in [3.63, 3.8) is 0 Å². The van der Waals surface area contributed by atoms with Crippen molar-refractivity contribution < 1.29 is 13.2 Å². The molecule has 3 aromatic carbocycles. The summed E-state index contributed by atoms with van der Waals surface area (Å²) < 4.78 is 26.1. The van der Waals surface area contributed by atoms with Crippen LogP contribution in [0.15, 0.2) is 71.6 Å². The summed E-state index contributed by atoms with van der Waals surface area (Å²) in [6.45, 7) is -0.0235. The minimum Gasteiger partial charge on any atom is -0.322 e. The number of thioether (sulfide) groups is 1. The molecule has 0 bridgehead atoms. The van der Waals surface area contributed by atoms with Crippen LogP contribution in [0.25, 0.3) is 0 Å². The topological polar surface area (TPSA) is 66.5 Å². The van der Waals surface area contributed by atoms with Crippen LogP contribution < -0.4 is 9.62 Å². The van der Waals surface area contributed by atoms with Crippen molar-refractivity contribution >= 4 is 62.3 Å². The van der Waals surface area contributed by atoms with E-state index in [9.17, 15) is 13.2 Å². The molecule has 0 fully saturated rings. The van der Waals surface area contributed by atoms with Gasteiger partial charge in [0.15, 0.2) is 0 Å². The fourth-order valence-corrected chi connectivity index (χ4v) is 4.75. The third kappa shape index (κ3) is 5.95. The van der Waals surface area contributed by atoms with E-state index in [2.05, 4.69) is 5.32 Å². The number of carbonyl (C=O) groups is 1. The zero-order valence-corrected chi connectivity index (χ0v) is 19.9. The van der Waals surface area contributed by atoms with Gasteiger partial charge in [0.2, 0.25) is 10.0 Å². The van der Waals surface area contributed by atoms with Crippen LogP contribution in [-0.4, -0.2) is 26.8 Å². The fourth-order valence-electron chi connectivity index (χ4n) is 2.91. The Balaban J connectivity index is 1.83. The molecule has 0 saturated heterocycles. The molecule has 3 aromatic rings. The first-order valence-corrected chi connectivity index (χ1v) is 13.0. The Hall–Kier alpha value is -2.19. The third-order valence-corrected chi connectivity index (χ3v) is 7.08. The number of carbonyl (C=O) groups excluding carboxylic acids is 1. The summed E-state index contributed by atoms with van der Waals surface area (Å²) in [6, 6.07) is 18.9. The number of sulfonamides is 1. The number of anilines is 2. The second kappa shape index (κ2) is 9.96. The van der Waals surface area contributed by atoms with Crippen LogP contribution >= 0.6 is 35.0 Å². The van der Waals surface area contributed by atoms with Gasteiger partial charge < -0.3 is 5.32 Å². The molecular weight excluding hydrogens is 475 g/mol. The molecule has 3 rings (SSSR count). The molecule has 0 aliphatic rings. The second-order valence-corrected chi connectivity index (χ2v) is 10.3. The highest BCUT2D eigenvalue weighted by atomic mass is 35.5. The van der Waals surface area contributed by atoms with Gasteiger partial charge in [-0.05, 0) is 60.9 Å². The Labute approximate surface area is 196 Å². The first kappa shape index (κ1) is 23.5. The predicted octanol–water partition coefficient (Wildman–Crippen LogP) is 5.93. The van der Waals surface area contributed by atoms with Gasteiger partial charge in [-0.1, -0.05) is 35.3 Å². The van der Waals surface area contributed by atoms with Gasteiger partial charge in [-0.25, -0.2) is 8.42 Å². The van der Waals surface area contributed by atoms with Crippen molar-refractivity contribution in [3.05, 3.63) is 87.9 Å². The summed E-state index contributed by atoms with van der Waals surface area (Å²) in [4.78, 5) is 13.6. The Bertz CT molecular complexity index is 1180. The average molecular weight is 495 g/mol. The van der Waals surface area contributed by atoms with Gasteiger partial charge >= 0.3 is 0 Å². The Morgan fingerprint density at radius 1 is 1.00 bits per heavy atom. The van der Waals surface area contributed by atoms with E-state index >= 15 is 0 Å². The number of nitrogens with one attached hydrogen (secondary N) is 1. The van der Waals surface area contributed by atoms with Crippen LogP contribution in [0.5, 0.6) is 0 Å². The first-order chi connectivity index (χ1) is 14.7. The van der Waals surface area contributed by atoms with Crippen LogP contribution in [0.4, 0.5) is 11.4 Å². The lowest BCUT2D eigenvalue weighted by atomic mass is 10.1. The van der Waals surface area contributed by atoms with Gasteiger partial charge in [-0.2, -0.15) is 0 Å². The van der Waals surface area contributed by atoms with Crippen LogP contribution in [-0.2, 0) is 16.6 Å². The summed E-state index contributed by atoms with van der Waals surface area (Å²) in [7, 11) is -3.63. The maximum Gasteiger partial charge on any atom is 0.255 e. The van der Waals surface area contributed by atoms with Crippen LogP contribution in [0, 0.1) is 0 Å². The van der Waals surface area contributed by atoms with Gasteiger partial charge in [-0.15, -0.1) is 11.8 Å². The quantitative estimate of drug-likeness (QED) is 0.413. The first-order valence-electron chi connectivity index (χ1n) is 9.15. The molecule has 0 spiro atoms. The van der Waals surface area contributed by atoms with E-state index in [0.717, 1.165) is 11.2 Å². The molecule has 162 valence electrons. The molecule has 5 nitrogen and oxygen atoms in total. The number of benzene rings is 3. The lowest BCUT2D eigenvalue weighted by molar-refractivity contribution is 0.102. The maximum absolute atomic E-state index is 12.6. The smallest absolute Gasteiger partial charge is 0.255 e. The van der Waals surface area contributed by atoms with Crippen LogP contribution in [0.3, 0.4) is 0 Å². The van der Waals surface area contributed by atoms with Gasteiger partial charge in [-0.3, -0.25) is 9.10 Å². The largest absolute Gasteiger partial charge is 0.322 e. The van der Waals surface area contributed by atoms with E-state index in [-0.39, 0.29) is 12.5 Å². The van der Waals surface area contributed by atoms with Gasteiger partial charge in [0.05, 0.1) is 18.5 Å². The van der Waals surface area contributed by atoms with E-state index in [1.807, 2.05) is 30.5 Å². The predicted molar refractivity (Wildman–Crippen MR) is 130 cm³/mol. The van der Waals surface area contributed by atoms with Gasteiger partial charge in [0.25, 0.3) is 5.91 Å². The summed E-state index contributed by atoms with van der Waals surface area (Å²) in [6.07, 6.45) is 3.07. The molecule has 0 aliphatic heterocycles. The lowest BCUT2D eigenvalue weighted by Gasteiger charge is -2.23. The molecule has 31 heavy (non-hydrogen) atoms. The molecule has 0 radical (unpaired) electrons. The molecule has 0 atom stereocenters. The summed E-state index contributed by atoms with van der Waals surface area (Å²) in [5.74, 6) is -0.287. The Kier molecular flexibility index (Phi) is 7.54. The summed E-state index contributed by atoms with van der Waals surface area (Å²) in [5, 5.41) is 3.61. The molecule has 0 aromatic heterocycles. The molecular formula is C22H20Cl2N2O3S2. The monoisotopic (exact) mass is 494 g/mol. The highest BCUT2D eigenvalue weighted by molar-refractivity contribution is 7.98. The van der Waals surface area contributed by atoms with E-state index in [4.69, 9.17) is 23.2 Å². The van der Waals surface area contributed by atoms with Gasteiger partial charge in [0.1, 0.15) is 0 Å². The van der Waals surface area contributed by atoms with Crippen LogP contribution in [0.1, 0.15) is 15.9 Å². The van der Waals surface area contributed by atoms with Crippen molar-refractivity contribution in [3.8, 4) is 0 Å². The van der Waals surface area contributed by atoms with E-state index < -0.39 is 10.0 Å². The SMILES string of the molecule is CSc1cccc(NC(=O)c2ccc(N(Cc3c(Cl)cccc3Cl)S(C)(=O)=O)cc2)c1. The standard InChI is InChI=1S/C22H20Cl2N2O3S2/c1-30-18-6-3-5-16(13-18)25-22(27)15-9-11-17(12-10-15)26(31(2,28)29)14-19-20(23)7-4-8-21(19)24/h3-13H,14H2,1-2H3,(H,25,27). The number of hydrogen-bond acceptors (Lipinski definition) is 4. The molecule has 1 N–H and O–H groups in total. The molecule has 0 aliphatic carbocycles. The normalized spacial score (nSPS) is 11.2. The van der Waals surface area contributed by atoms with Crippen molar-refractivity contribution in [2.75, 3.05) is 22.1 Å². The van der Waals surface area contributed by atoms with Crippen LogP contribution in [0.2, 0.25) is 10.0 Å². The minimum atomic E-state index is -3.63.